The first-order valence-electron chi connectivity index (χ1n) is 7.68. The Morgan fingerprint density at radius 2 is 1.70 bits per heavy atom. The molecule has 0 spiro atoms. The summed E-state index contributed by atoms with van der Waals surface area (Å²) in [4.78, 5) is 27.4. The van der Waals surface area contributed by atoms with Crippen LogP contribution < -0.4 is 0 Å². The number of nitrogens with zero attached hydrogens (tertiary/aromatic N) is 2. The fraction of sp³-hybridized carbons (Fsp3) is 0.867. The lowest BCUT2D eigenvalue weighted by molar-refractivity contribution is -0.143. The molecule has 0 saturated carbocycles. The van der Waals surface area contributed by atoms with Crippen LogP contribution in [0.1, 0.15) is 40.0 Å². The van der Waals surface area contributed by atoms with Crippen molar-refractivity contribution in [2.24, 2.45) is 17.8 Å². The Bertz CT molecular complexity index is 377. The molecule has 1 N–H and O–H groups in total. The Balaban J connectivity index is 1.96. The SMILES string of the molecule is CC1CC(C)C(C)N(C(=O)N2CCC(C(=O)O)CC2)C1. The minimum Gasteiger partial charge on any atom is -0.481 e. The van der Waals surface area contributed by atoms with E-state index in [1.54, 1.807) is 0 Å². The van der Waals surface area contributed by atoms with Crippen LogP contribution in [0.15, 0.2) is 0 Å². The second-order valence-corrected chi connectivity index (χ2v) is 6.59. The van der Waals surface area contributed by atoms with E-state index in [1.165, 1.54) is 6.42 Å². The maximum Gasteiger partial charge on any atom is 0.320 e. The molecule has 2 amide bonds. The van der Waals surface area contributed by atoms with Crippen molar-refractivity contribution >= 4 is 12.0 Å². The van der Waals surface area contributed by atoms with Crippen LogP contribution in [0.4, 0.5) is 4.79 Å². The molecule has 0 aromatic carbocycles. The van der Waals surface area contributed by atoms with Gasteiger partial charge in [-0.3, -0.25) is 4.79 Å². The molecule has 2 rings (SSSR count). The number of hydrogen-bond donors (Lipinski definition) is 1. The minimum absolute atomic E-state index is 0.0970. The minimum atomic E-state index is -0.731. The number of amides is 2. The van der Waals surface area contributed by atoms with Gasteiger partial charge in [0.15, 0.2) is 0 Å². The molecule has 5 nitrogen and oxygen atoms in total. The highest BCUT2D eigenvalue weighted by atomic mass is 16.4. The highest BCUT2D eigenvalue weighted by Crippen LogP contribution is 2.28. The van der Waals surface area contributed by atoms with Crippen LogP contribution in [0.5, 0.6) is 0 Å². The Morgan fingerprint density at radius 3 is 2.25 bits per heavy atom. The highest BCUT2D eigenvalue weighted by Gasteiger charge is 2.36. The largest absolute Gasteiger partial charge is 0.481 e. The van der Waals surface area contributed by atoms with Gasteiger partial charge < -0.3 is 14.9 Å². The lowest BCUT2D eigenvalue weighted by Gasteiger charge is -2.44. The number of aliphatic carboxylic acids is 1. The van der Waals surface area contributed by atoms with Crippen molar-refractivity contribution < 1.29 is 14.7 Å². The zero-order valence-corrected chi connectivity index (χ0v) is 12.7. The summed E-state index contributed by atoms with van der Waals surface area (Å²) in [5.74, 6) is 0.0577. The smallest absolute Gasteiger partial charge is 0.320 e. The number of carboxylic acids is 1. The summed E-state index contributed by atoms with van der Waals surface area (Å²) in [5, 5.41) is 9.01. The fourth-order valence-electron chi connectivity index (χ4n) is 3.47. The highest BCUT2D eigenvalue weighted by molar-refractivity contribution is 5.76. The average molecular weight is 282 g/mol. The first kappa shape index (κ1) is 15.1. The predicted molar refractivity (Wildman–Crippen MR) is 76.4 cm³/mol. The van der Waals surface area contributed by atoms with Gasteiger partial charge in [-0.05, 0) is 38.0 Å². The van der Waals surface area contributed by atoms with Gasteiger partial charge in [-0.25, -0.2) is 4.79 Å². The molecule has 0 radical (unpaired) electrons. The van der Waals surface area contributed by atoms with Gasteiger partial charge in [0.05, 0.1) is 5.92 Å². The molecule has 3 unspecified atom stereocenters. The fourth-order valence-corrected chi connectivity index (χ4v) is 3.47. The van der Waals surface area contributed by atoms with E-state index in [-0.39, 0.29) is 18.0 Å². The standard InChI is InChI=1S/C15H26N2O3/c1-10-8-11(2)12(3)17(9-10)15(20)16-6-4-13(5-7-16)14(18)19/h10-13H,4-9H2,1-3H3,(H,18,19). The van der Waals surface area contributed by atoms with Crippen molar-refractivity contribution in [1.29, 1.82) is 0 Å². The van der Waals surface area contributed by atoms with Crippen LogP contribution in [-0.4, -0.2) is 52.6 Å². The molecule has 0 aromatic rings. The van der Waals surface area contributed by atoms with Gasteiger partial charge in [0.2, 0.25) is 0 Å². The summed E-state index contributed by atoms with van der Waals surface area (Å²) in [6.45, 7) is 8.49. The van der Waals surface area contributed by atoms with Gasteiger partial charge in [0.25, 0.3) is 0 Å². The molecule has 114 valence electrons. The number of rotatable bonds is 1. The maximum absolute atomic E-state index is 12.6. The predicted octanol–water partition coefficient (Wildman–Crippen LogP) is 2.27. The van der Waals surface area contributed by atoms with Gasteiger partial charge >= 0.3 is 12.0 Å². The molecule has 20 heavy (non-hydrogen) atoms. The van der Waals surface area contributed by atoms with Crippen LogP contribution >= 0.6 is 0 Å². The van der Waals surface area contributed by atoms with Gasteiger partial charge in [-0.15, -0.1) is 0 Å². The quantitative estimate of drug-likeness (QED) is 0.802. The Labute approximate surface area is 120 Å². The number of carbonyl (C=O) groups is 2. The Kier molecular flexibility index (Phi) is 4.55. The number of likely N-dealkylation sites (tertiary alicyclic amines) is 2. The van der Waals surface area contributed by atoms with Crippen molar-refractivity contribution in [2.75, 3.05) is 19.6 Å². The van der Waals surface area contributed by atoms with Crippen LogP contribution in [0.3, 0.4) is 0 Å². The molecule has 2 aliphatic heterocycles. The van der Waals surface area contributed by atoms with Crippen LogP contribution in [-0.2, 0) is 4.79 Å². The summed E-state index contributed by atoms with van der Waals surface area (Å²) in [6, 6.07) is 0.371. The monoisotopic (exact) mass is 282 g/mol. The van der Waals surface area contributed by atoms with E-state index in [4.69, 9.17) is 5.11 Å². The van der Waals surface area contributed by atoms with E-state index < -0.39 is 5.97 Å². The summed E-state index contributed by atoms with van der Waals surface area (Å²) in [7, 11) is 0. The third-order valence-electron chi connectivity index (χ3n) is 4.96. The van der Waals surface area contributed by atoms with E-state index in [1.807, 2.05) is 9.80 Å². The molecule has 0 aliphatic carbocycles. The second-order valence-electron chi connectivity index (χ2n) is 6.59. The molecule has 2 saturated heterocycles. The van der Waals surface area contributed by atoms with Crippen molar-refractivity contribution in [3.8, 4) is 0 Å². The maximum atomic E-state index is 12.6. The van der Waals surface area contributed by atoms with Gasteiger partial charge in [-0.2, -0.15) is 0 Å². The van der Waals surface area contributed by atoms with E-state index in [9.17, 15) is 9.59 Å². The van der Waals surface area contributed by atoms with Gasteiger partial charge in [-0.1, -0.05) is 13.8 Å². The van der Waals surface area contributed by atoms with Crippen molar-refractivity contribution in [1.82, 2.24) is 9.80 Å². The summed E-state index contributed by atoms with van der Waals surface area (Å²) >= 11 is 0. The Hall–Kier alpha value is -1.26. The third kappa shape index (κ3) is 3.07. The van der Waals surface area contributed by atoms with Gasteiger partial charge in [0.1, 0.15) is 0 Å². The number of piperidine rings is 2. The normalized spacial score (nSPS) is 32.2. The van der Waals surface area contributed by atoms with Crippen LogP contribution in [0, 0.1) is 17.8 Å². The topological polar surface area (TPSA) is 60.9 Å². The van der Waals surface area contributed by atoms with Crippen molar-refractivity contribution in [3.63, 3.8) is 0 Å². The Morgan fingerprint density at radius 1 is 1.10 bits per heavy atom. The van der Waals surface area contributed by atoms with E-state index in [2.05, 4.69) is 20.8 Å². The molecule has 0 bridgehead atoms. The molecular formula is C15H26N2O3. The summed E-state index contributed by atoms with van der Waals surface area (Å²) in [6.07, 6.45) is 2.33. The summed E-state index contributed by atoms with van der Waals surface area (Å²) < 4.78 is 0. The third-order valence-corrected chi connectivity index (χ3v) is 4.96. The van der Waals surface area contributed by atoms with Crippen molar-refractivity contribution in [2.45, 2.75) is 46.1 Å². The second kappa shape index (κ2) is 6.02. The molecule has 2 heterocycles. The number of carboxylic acid groups (broad SMARTS) is 1. The lowest BCUT2D eigenvalue weighted by atomic mass is 9.86. The van der Waals surface area contributed by atoms with Crippen LogP contribution in [0.25, 0.3) is 0 Å². The van der Waals surface area contributed by atoms with Gasteiger partial charge in [0, 0.05) is 25.7 Å². The molecule has 0 aromatic heterocycles. The molecular weight excluding hydrogens is 256 g/mol. The first-order valence-corrected chi connectivity index (χ1v) is 7.68. The average Bonchev–Trinajstić information content (AvgIpc) is 2.42. The molecule has 5 heteroatoms. The first-order chi connectivity index (χ1) is 9.40. The summed E-state index contributed by atoms with van der Waals surface area (Å²) in [5.41, 5.74) is 0. The number of urea groups is 1. The van der Waals surface area contributed by atoms with E-state index in [0.717, 1.165) is 6.54 Å². The number of carbonyl (C=O) groups excluding carboxylic acids is 1. The molecule has 3 atom stereocenters. The molecule has 2 aliphatic rings. The lowest BCUT2D eigenvalue weighted by Crippen LogP contribution is -2.55. The van der Waals surface area contributed by atoms with Crippen LogP contribution in [0.2, 0.25) is 0 Å². The van der Waals surface area contributed by atoms with Crippen molar-refractivity contribution in [3.05, 3.63) is 0 Å². The number of hydrogen-bond acceptors (Lipinski definition) is 2. The zero-order valence-electron chi connectivity index (χ0n) is 12.7. The van der Waals surface area contributed by atoms with E-state index in [0.29, 0.717) is 37.8 Å². The van der Waals surface area contributed by atoms with E-state index >= 15 is 0 Å². The zero-order chi connectivity index (χ0) is 14.9. The molecule has 2 fully saturated rings.